The summed E-state index contributed by atoms with van der Waals surface area (Å²) in [7, 11) is 1.61. The summed E-state index contributed by atoms with van der Waals surface area (Å²) in [6.07, 6.45) is 2.50. The van der Waals surface area contributed by atoms with E-state index in [1.54, 1.807) is 13.3 Å². The van der Waals surface area contributed by atoms with Crippen LogP contribution in [0.5, 0.6) is 5.75 Å². The average Bonchev–Trinajstić information content (AvgIpc) is 2.59. The van der Waals surface area contributed by atoms with Crippen LogP contribution in [0.15, 0.2) is 48.9 Å². The van der Waals surface area contributed by atoms with Gasteiger partial charge in [-0.25, -0.2) is 15.0 Å². The van der Waals surface area contributed by atoms with Crippen LogP contribution in [0.3, 0.4) is 0 Å². The summed E-state index contributed by atoms with van der Waals surface area (Å²) in [5.41, 5.74) is 1.43. The molecule has 0 saturated carbocycles. The zero-order valence-corrected chi connectivity index (χ0v) is 12.1. The van der Waals surface area contributed by atoms with Crippen LogP contribution in [0.25, 0.3) is 11.0 Å². The van der Waals surface area contributed by atoms with Crippen molar-refractivity contribution in [1.29, 1.82) is 0 Å². The second-order valence-electron chi connectivity index (χ2n) is 4.77. The molecule has 2 aromatic heterocycles. The Hall–Kier alpha value is -2.73. The van der Waals surface area contributed by atoms with Crippen molar-refractivity contribution >= 4 is 16.9 Å². The van der Waals surface area contributed by atoms with Gasteiger partial charge in [0.25, 0.3) is 0 Å². The summed E-state index contributed by atoms with van der Waals surface area (Å²) in [5, 5.41) is 14.2. The lowest BCUT2D eigenvalue weighted by molar-refractivity contribution is 0.191. The number of rotatable bonds is 5. The Morgan fingerprint density at radius 2 is 1.95 bits per heavy atom. The molecule has 2 N–H and O–H groups in total. The summed E-state index contributed by atoms with van der Waals surface area (Å²) in [5.74, 6) is 1.42. The summed E-state index contributed by atoms with van der Waals surface area (Å²) in [6.45, 7) is 0.341. The first kappa shape index (κ1) is 14.2. The second kappa shape index (κ2) is 6.36. The molecule has 0 radical (unpaired) electrons. The Morgan fingerprint density at radius 1 is 1.14 bits per heavy atom. The van der Waals surface area contributed by atoms with Gasteiger partial charge >= 0.3 is 0 Å². The standard InChI is InChI=1S/C16H16N4O2/c1-22-12-6-4-11(5-7-12)14(21)9-18-16-13-3-2-8-17-15(13)19-10-20-16/h2-8,10,14,21H,9H2,1H3,(H,17,18,19,20). The van der Waals surface area contributed by atoms with Crippen LogP contribution in [0.1, 0.15) is 11.7 Å². The van der Waals surface area contributed by atoms with Gasteiger partial charge in [-0.2, -0.15) is 0 Å². The van der Waals surface area contributed by atoms with Crippen molar-refractivity contribution in [3.8, 4) is 5.75 Å². The maximum atomic E-state index is 10.3. The minimum Gasteiger partial charge on any atom is -0.497 e. The Balaban J connectivity index is 1.73. The van der Waals surface area contributed by atoms with E-state index in [-0.39, 0.29) is 0 Å². The molecule has 2 heterocycles. The lowest BCUT2D eigenvalue weighted by Gasteiger charge is -2.14. The zero-order valence-electron chi connectivity index (χ0n) is 12.1. The molecule has 0 fully saturated rings. The van der Waals surface area contributed by atoms with E-state index in [4.69, 9.17) is 4.74 Å². The number of aliphatic hydroxyl groups excluding tert-OH is 1. The van der Waals surface area contributed by atoms with E-state index in [0.29, 0.717) is 18.0 Å². The van der Waals surface area contributed by atoms with Gasteiger partial charge in [0, 0.05) is 12.7 Å². The third-order valence-electron chi connectivity index (χ3n) is 3.37. The fourth-order valence-electron chi connectivity index (χ4n) is 2.17. The molecule has 6 heteroatoms. The highest BCUT2D eigenvalue weighted by molar-refractivity contribution is 5.85. The van der Waals surface area contributed by atoms with Crippen molar-refractivity contribution in [1.82, 2.24) is 15.0 Å². The number of nitrogens with one attached hydrogen (secondary N) is 1. The van der Waals surface area contributed by atoms with Crippen molar-refractivity contribution < 1.29 is 9.84 Å². The van der Waals surface area contributed by atoms with Gasteiger partial charge in [0.05, 0.1) is 18.6 Å². The molecule has 1 unspecified atom stereocenters. The molecule has 22 heavy (non-hydrogen) atoms. The minimum atomic E-state index is -0.646. The first-order valence-corrected chi connectivity index (χ1v) is 6.89. The zero-order chi connectivity index (χ0) is 15.4. The van der Waals surface area contributed by atoms with E-state index in [9.17, 15) is 5.11 Å². The van der Waals surface area contributed by atoms with Crippen LogP contribution in [0, 0.1) is 0 Å². The van der Waals surface area contributed by atoms with Crippen molar-refractivity contribution in [2.75, 3.05) is 19.0 Å². The number of aliphatic hydroxyl groups is 1. The highest BCUT2D eigenvalue weighted by Crippen LogP contribution is 2.20. The molecule has 0 bridgehead atoms. The summed E-state index contributed by atoms with van der Waals surface area (Å²) >= 11 is 0. The molecule has 1 atom stereocenters. The Bertz CT molecular complexity index is 756. The van der Waals surface area contributed by atoms with Crippen molar-refractivity contribution in [3.05, 3.63) is 54.5 Å². The fourth-order valence-corrected chi connectivity index (χ4v) is 2.17. The molecule has 0 amide bonds. The molecule has 0 aliphatic carbocycles. The lowest BCUT2D eigenvalue weighted by Crippen LogP contribution is -2.13. The maximum Gasteiger partial charge on any atom is 0.164 e. The van der Waals surface area contributed by atoms with Gasteiger partial charge in [-0.15, -0.1) is 0 Å². The van der Waals surface area contributed by atoms with E-state index in [1.165, 1.54) is 6.33 Å². The maximum absolute atomic E-state index is 10.3. The first-order chi connectivity index (χ1) is 10.8. The van der Waals surface area contributed by atoms with Crippen LogP contribution >= 0.6 is 0 Å². The molecule has 3 aromatic rings. The van der Waals surface area contributed by atoms with Crippen LogP contribution < -0.4 is 10.1 Å². The van der Waals surface area contributed by atoms with Gasteiger partial charge in [0.15, 0.2) is 5.65 Å². The van der Waals surface area contributed by atoms with Gasteiger partial charge < -0.3 is 15.2 Å². The third-order valence-corrected chi connectivity index (χ3v) is 3.37. The minimum absolute atomic E-state index is 0.341. The highest BCUT2D eigenvalue weighted by atomic mass is 16.5. The van der Waals surface area contributed by atoms with Gasteiger partial charge in [-0.1, -0.05) is 12.1 Å². The van der Waals surface area contributed by atoms with E-state index in [2.05, 4.69) is 20.3 Å². The first-order valence-electron chi connectivity index (χ1n) is 6.89. The fraction of sp³-hybridized carbons (Fsp3) is 0.188. The monoisotopic (exact) mass is 296 g/mol. The third kappa shape index (κ3) is 2.96. The SMILES string of the molecule is COc1ccc(C(O)CNc2ncnc3ncccc23)cc1. The molecular formula is C16H16N4O2. The van der Waals surface area contributed by atoms with E-state index < -0.39 is 6.10 Å². The summed E-state index contributed by atoms with van der Waals surface area (Å²) in [6, 6.07) is 11.0. The van der Waals surface area contributed by atoms with E-state index in [1.807, 2.05) is 36.4 Å². The largest absolute Gasteiger partial charge is 0.497 e. The molecule has 0 spiro atoms. The summed E-state index contributed by atoms with van der Waals surface area (Å²) < 4.78 is 5.11. The number of ether oxygens (including phenoxy) is 1. The average molecular weight is 296 g/mol. The van der Waals surface area contributed by atoms with Crippen molar-refractivity contribution in [2.45, 2.75) is 6.10 Å². The highest BCUT2D eigenvalue weighted by Gasteiger charge is 2.09. The van der Waals surface area contributed by atoms with Crippen LogP contribution in [-0.4, -0.2) is 33.7 Å². The molecule has 0 aliphatic rings. The van der Waals surface area contributed by atoms with Crippen LogP contribution in [0.4, 0.5) is 5.82 Å². The molecule has 0 aliphatic heterocycles. The van der Waals surface area contributed by atoms with E-state index >= 15 is 0 Å². The van der Waals surface area contributed by atoms with Crippen molar-refractivity contribution in [2.24, 2.45) is 0 Å². The molecule has 3 rings (SSSR count). The van der Waals surface area contributed by atoms with Gasteiger partial charge in [0.1, 0.15) is 17.9 Å². The second-order valence-corrected chi connectivity index (χ2v) is 4.77. The van der Waals surface area contributed by atoms with E-state index in [0.717, 1.165) is 16.7 Å². The van der Waals surface area contributed by atoms with Crippen LogP contribution in [0.2, 0.25) is 0 Å². The Kier molecular flexibility index (Phi) is 4.11. The molecule has 6 nitrogen and oxygen atoms in total. The number of hydrogen-bond acceptors (Lipinski definition) is 6. The number of nitrogens with zero attached hydrogens (tertiary/aromatic N) is 3. The molecule has 0 saturated heterocycles. The number of pyridine rings is 1. The molecular weight excluding hydrogens is 280 g/mol. The number of hydrogen-bond donors (Lipinski definition) is 2. The van der Waals surface area contributed by atoms with Crippen LogP contribution in [-0.2, 0) is 0 Å². The molecule has 1 aromatic carbocycles. The number of methoxy groups -OCH3 is 1. The number of benzene rings is 1. The topological polar surface area (TPSA) is 80.2 Å². The number of anilines is 1. The Labute approximate surface area is 127 Å². The quantitative estimate of drug-likeness (QED) is 0.751. The predicted molar refractivity (Wildman–Crippen MR) is 83.8 cm³/mol. The number of aromatic nitrogens is 3. The Morgan fingerprint density at radius 3 is 2.73 bits per heavy atom. The predicted octanol–water partition coefficient (Wildman–Crippen LogP) is 2.18. The van der Waals surface area contributed by atoms with Crippen molar-refractivity contribution in [3.63, 3.8) is 0 Å². The smallest absolute Gasteiger partial charge is 0.164 e. The van der Waals surface area contributed by atoms with Gasteiger partial charge in [-0.05, 0) is 29.8 Å². The number of fused-ring (bicyclic) bond motifs is 1. The van der Waals surface area contributed by atoms with Gasteiger partial charge in [0.2, 0.25) is 0 Å². The summed E-state index contributed by atoms with van der Waals surface area (Å²) in [4.78, 5) is 12.5. The normalized spacial score (nSPS) is 12.1. The molecule has 112 valence electrons. The lowest BCUT2D eigenvalue weighted by atomic mass is 10.1. The van der Waals surface area contributed by atoms with Gasteiger partial charge in [-0.3, -0.25) is 0 Å².